The van der Waals surface area contributed by atoms with E-state index < -0.39 is 0 Å². The largest absolute Gasteiger partial charge is 0.338 e. The fourth-order valence-corrected chi connectivity index (χ4v) is 1.75. The minimum absolute atomic E-state index is 0.0155. The second-order valence-electron chi connectivity index (χ2n) is 3.88. The highest BCUT2D eigenvalue weighted by molar-refractivity contribution is 5.94. The van der Waals surface area contributed by atoms with E-state index >= 15 is 0 Å². The van der Waals surface area contributed by atoms with Crippen LogP contribution in [0, 0.1) is 0 Å². The average molecular weight is 209 g/mol. The Labute approximate surface area is 88.2 Å². The Balaban J connectivity index is 2.12. The van der Waals surface area contributed by atoms with Crippen molar-refractivity contribution in [3.8, 4) is 0 Å². The summed E-state index contributed by atoms with van der Waals surface area (Å²) in [5.41, 5.74) is 6.58. The van der Waals surface area contributed by atoms with Crippen molar-refractivity contribution in [3.05, 3.63) is 11.8 Å². The molecule has 0 aromatic carbocycles. The van der Waals surface area contributed by atoms with Crippen molar-refractivity contribution in [3.63, 3.8) is 0 Å². The minimum Gasteiger partial charge on any atom is -0.338 e. The van der Waals surface area contributed by atoms with Crippen molar-refractivity contribution < 1.29 is 9.32 Å². The normalized spacial score (nSPS) is 21.3. The summed E-state index contributed by atoms with van der Waals surface area (Å²) in [5, 5.41) is 3.90. The fraction of sp³-hybridized carbons (Fsp3) is 0.600. The highest BCUT2D eigenvalue weighted by Gasteiger charge is 2.30. The van der Waals surface area contributed by atoms with Crippen molar-refractivity contribution in [2.45, 2.75) is 32.2 Å². The van der Waals surface area contributed by atoms with Crippen LogP contribution in [0.5, 0.6) is 0 Å². The molecular formula is C10H15N3O2. The van der Waals surface area contributed by atoms with Gasteiger partial charge in [-0.15, -0.1) is 0 Å². The number of hydrogen-bond acceptors (Lipinski definition) is 4. The molecule has 0 radical (unpaired) electrons. The summed E-state index contributed by atoms with van der Waals surface area (Å²) in [6.45, 7) is 2.60. The first-order valence-electron chi connectivity index (χ1n) is 5.22. The molecule has 82 valence electrons. The molecule has 15 heavy (non-hydrogen) atoms. The third kappa shape index (κ3) is 2.02. The van der Waals surface area contributed by atoms with Crippen LogP contribution in [-0.4, -0.2) is 23.7 Å². The quantitative estimate of drug-likeness (QED) is 0.795. The first-order valence-corrected chi connectivity index (χ1v) is 5.22. The summed E-state index contributed by atoms with van der Waals surface area (Å²) in [6.07, 6.45) is 2.28. The zero-order valence-electron chi connectivity index (χ0n) is 8.77. The summed E-state index contributed by atoms with van der Waals surface area (Å²) in [4.78, 5) is 13.1. The molecule has 0 saturated carbocycles. The fourth-order valence-electron chi connectivity index (χ4n) is 1.75. The highest BCUT2D eigenvalue weighted by Crippen LogP contribution is 2.22. The van der Waals surface area contributed by atoms with Crippen LogP contribution in [0.1, 0.15) is 25.5 Å². The van der Waals surface area contributed by atoms with Crippen LogP contribution in [0.2, 0.25) is 0 Å². The van der Waals surface area contributed by atoms with Crippen molar-refractivity contribution in [2.24, 2.45) is 5.73 Å². The Morgan fingerprint density at radius 2 is 2.53 bits per heavy atom. The van der Waals surface area contributed by atoms with E-state index in [0.29, 0.717) is 18.8 Å². The molecule has 5 heteroatoms. The van der Waals surface area contributed by atoms with Gasteiger partial charge in [0.2, 0.25) is 11.8 Å². The molecule has 1 aliphatic heterocycles. The van der Waals surface area contributed by atoms with Crippen LogP contribution < -0.4 is 10.6 Å². The van der Waals surface area contributed by atoms with E-state index in [9.17, 15) is 4.79 Å². The molecular weight excluding hydrogens is 194 g/mol. The number of nitrogens with two attached hydrogens (primary N) is 1. The van der Waals surface area contributed by atoms with E-state index in [1.807, 2.05) is 6.07 Å². The molecule has 2 heterocycles. The molecule has 0 spiro atoms. The first-order chi connectivity index (χ1) is 7.20. The number of aryl methyl sites for hydroxylation is 1. The lowest BCUT2D eigenvalue weighted by Crippen LogP contribution is -2.27. The summed E-state index contributed by atoms with van der Waals surface area (Å²) in [5.74, 6) is 0.540. The minimum atomic E-state index is -0.0859. The maximum absolute atomic E-state index is 11.5. The van der Waals surface area contributed by atoms with Gasteiger partial charge in [-0.05, 0) is 6.42 Å². The third-order valence-electron chi connectivity index (χ3n) is 2.47. The van der Waals surface area contributed by atoms with Crippen molar-refractivity contribution >= 4 is 11.8 Å². The average Bonchev–Trinajstić information content (AvgIpc) is 2.73. The predicted octanol–water partition coefficient (Wildman–Crippen LogP) is 0.691. The molecule has 0 aliphatic carbocycles. The Bertz CT molecular complexity index is 361. The molecule has 1 atom stereocenters. The lowest BCUT2D eigenvalue weighted by Gasteiger charge is -2.09. The van der Waals surface area contributed by atoms with Gasteiger partial charge in [-0.25, -0.2) is 0 Å². The SMILES string of the molecule is CCCc1cc(N2CC(N)CC2=O)on1. The Morgan fingerprint density at radius 3 is 3.13 bits per heavy atom. The van der Waals surface area contributed by atoms with Gasteiger partial charge in [0, 0.05) is 25.1 Å². The zero-order chi connectivity index (χ0) is 10.8. The molecule has 1 aliphatic rings. The molecule has 1 saturated heterocycles. The second-order valence-corrected chi connectivity index (χ2v) is 3.88. The van der Waals surface area contributed by atoms with Gasteiger partial charge in [-0.2, -0.15) is 0 Å². The number of hydrogen-bond donors (Lipinski definition) is 1. The molecule has 1 unspecified atom stereocenters. The highest BCUT2D eigenvalue weighted by atomic mass is 16.5. The first kappa shape index (κ1) is 10.2. The second kappa shape index (κ2) is 4.02. The van der Waals surface area contributed by atoms with Gasteiger partial charge < -0.3 is 10.3 Å². The monoisotopic (exact) mass is 209 g/mol. The molecule has 1 amide bonds. The van der Waals surface area contributed by atoms with Crippen molar-refractivity contribution in [1.29, 1.82) is 0 Å². The van der Waals surface area contributed by atoms with Crippen LogP contribution >= 0.6 is 0 Å². The topological polar surface area (TPSA) is 72.4 Å². The molecule has 1 aromatic rings. The summed E-state index contributed by atoms with van der Waals surface area (Å²) < 4.78 is 5.12. The van der Waals surface area contributed by atoms with Crippen LogP contribution in [-0.2, 0) is 11.2 Å². The number of anilines is 1. The van der Waals surface area contributed by atoms with E-state index in [-0.39, 0.29) is 11.9 Å². The van der Waals surface area contributed by atoms with Crippen LogP contribution in [0.4, 0.5) is 5.88 Å². The van der Waals surface area contributed by atoms with Gasteiger partial charge >= 0.3 is 0 Å². The van der Waals surface area contributed by atoms with Gasteiger partial charge in [0.1, 0.15) is 0 Å². The third-order valence-corrected chi connectivity index (χ3v) is 2.47. The number of amides is 1. The number of rotatable bonds is 3. The van der Waals surface area contributed by atoms with Gasteiger partial charge in [0.05, 0.1) is 5.69 Å². The molecule has 5 nitrogen and oxygen atoms in total. The lowest BCUT2D eigenvalue weighted by atomic mass is 10.2. The van der Waals surface area contributed by atoms with Gasteiger partial charge in [0.25, 0.3) is 0 Å². The number of nitrogens with zero attached hydrogens (tertiary/aromatic N) is 2. The van der Waals surface area contributed by atoms with E-state index in [1.165, 1.54) is 0 Å². The maximum Gasteiger partial charge on any atom is 0.234 e. The summed E-state index contributed by atoms with van der Waals surface area (Å²) in [7, 11) is 0. The Hall–Kier alpha value is -1.36. The lowest BCUT2D eigenvalue weighted by molar-refractivity contribution is -0.117. The standard InChI is InChI=1S/C10H15N3O2/c1-2-3-8-5-10(15-12-8)13-6-7(11)4-9(13)14/h5,7H,2-4,6,11H2,1H3. The van der Waals surface area contributed by atoms with Crippen LogP contribution in [0.15, 0.2) is 10.6 Å². The number of carbonyl (C=O) groups is 1. The Morgan fingerprint density at radius 1 is 1.73 bits per heavy atom. The molecule has 2 N–H and O–H groups in total. The molecule has 2 rings (SSSR count). The Kier molecular flexibility index (Phi) is 2.73. The zero-order valence-corrected chi connectivity index (χ0v) is 8.77. The van der Waals surface area contributed by atoms with Crippen LogP contribution in [0.3, 0.4) is 0 Å². The smallest absolute Gasteiger partial charge is 0.234 e. The van der Waals surface area contributed by atoms with E-state index in [0.717, 1.165) is 18.5 Å². The van der Waals surface area contributed by atoms with Gasteiger partial charge in [-0.1, -0.05) is 18.5 Å². The molecule has 0 bridgehead atoms. The predicted molar refractivity (Wildman–Crippen MR) is 55.4 cm³/mol. The summed E-state index contributed by atoms with van der Waals surface area (Å²) >= 11 is 0. The maximum atomic E-state index is 11.5. The number of carbonyl (C=O) groups excluding carboxylic acids is 1. The molecule has 1 aromatic heterocycles. The summed E-state index contributed by atoms with van der Waals surface area (Å²) in [6, 6.07) is 1.73. The van der Waals surface area contributed by atoms with E-state index in [2.05, 4.69) is 12.1 Å². The van der Waals surface area contributed by atoms with E-state index in [1.54, 1.807) is 4.90 Å². The van der Waals surface area contributed by atoms with E-state index in [4.69, 9.17) is 10.3 Å². The van der Waals surface area contributed by atoms with Crippen LogP contribution in [0.25, 0.3) is 0 Å². The van der Waals surface area contributed by atoms with Gasteiger partial charge in [0.15, 0.2) is 0 Å². The molecule has 1 fully saturated rings. The van der Waals surface area contributed by atoms with Crippen molar-refractivity contribution in [1.82, 2.24) is 5.16 Å². The van der Waals surface area contributed by atoms with Crippen molar-refractivity contribution in [2.75, 3.05) is 11.4 Å². The number of aromatic nitrogens is 1. The van der Waals surface area contributed by atoms with Gasteiger partial charge in [-0.3, -0.25) is 9.69 Å².